The molecule has 0 bridgehead atoms. The van der Waals surface area contributed by atoms with Gasteiger partial charge in [-0.05, 0) is 25.1 Å². The minimum absolute atomic E-state index is 0.186. The fourth-order valence-corrected chi connectivity index (χ4v) is 4.79. The van der Waals surface area contributed by atoms with Gasteiger partial charge in [-0.3, -0.25) is 14.2 Å². The molecule has 0 fully saturated rings. The van der Waals surface area contributed by atoms with E-state index in [1.807, 2.05) is 74.4 Å². The maximum absolute atomic E-state index is 14.0. The molecule has 2 N–H and O–H groups in total. The van der Waals surface area contributed by atoms with E-state index in [4.69, 9.17) is 11.6 Å². The number of H-pyrrole nitrogens is 1. The summed E-state index contributed by atoms with van der Waals surface area (Å²) in [5, 5.41) is 5.27. The number of fused-ring (bicyclic) bond motifs is 2. The summed E-state index contributed by atoms with van der Waals surface area (Å²) in [5.41, 5.74) is 2.04. The summed E-state index contributed by atoms with van der Waals surface area (Å²) >= 11 is 7.04. The summed E-state index contributed by atoms with van der Waals surface area (Å²) in [6.07, 6.45) is 2.92. The van der Waals surface area contributed by atoms with Crippen molar-refractivity contribution in [2.24, 2.45) is 0 Å². The molecular formula is C26H23ClN6O2. The summed E-state index contributed by atoms with van der Waals surface area (Å²) < 4.78 is 1.63. The number of benzene rings is 2. The molecule has 9 heteroatoms. The Bertz CT molecular complexity index is 1670. The van der Waals surface area contributed by atoms with Gasteiger partial charge in [0.25, 0.3) is 5.56 Å². The number of aromatic nitrogens is 4. The molecule has 176 valence electrons. The summed E-state index contributed by atoms with van der Waals surface area (Å²) in [7, 11) is 3.79. The molecule has 1 atom stereocenters. The van der Waals surface area contributed by atoms with Gasteiger partial charge in [0, 0.05) is 43.1 Å². The van der Waals surface area contributed by atoms with Gasteiger partial charge in [0.1, 0.15) is 23.2 Å². The van der Waals surface area contributed by atoms with Crippen LogP contribution >= 0.6 is 11.6 Å². The van der Waals surface area contributed by atoms with E-state index >= 15 is 0 Å². The van der Waals surface area contributed by atoms with Crippen LogP contribution in [0.4, 0.5) is 11.5 Å². The van der Waals surface area contributed by atoms with E-state index in [1.54, 1.807) is 10.8 Å². The summed E-state index contributed by atoms with van der Waals surface area (Å²) in [5.74, 6) is 0.356. The van der Waals surface area contributed by atoms with Crippen LogP contribution in [-0.4, -0.2) is 33.6 Å². The Morgan fingerprint density at radius 3 is 2.51 bits per heavy atom. The van der Waals surface area contributed by atoms with Crippen molar-refractivity contribution in [3.05, 3.63) is 98.4 Å². The van der Waals surface area contributed by atoms with Crippen LogP contribution in [0.25, 0.3) is 27.5 Å². The van der Waals surface area contributed by atoms with Crippen LogP contribution in [0.1, 0.15) is 18.7 Å². The van der Waals surface area contributed by atoms with Crippen molar-refractivity contribution in [3.63, 3.8) is 0 Å². The highest BCUT2D eigenvalue weighted by Crippen LogP contribution is 2.35. The van der Waals surface area contributed by atoms with Crippen LogP contribution in [0.3, 0.4) is 0 Å². The van der Waals surface area contributed by atoms with Gasteiger partial charge < -0.3 is 15.2 Å². The first-order chi connectivity index (χ1) is 16.9. The van der Waals surface area contributed by atoms with Gasteiger partial charge in [-0.2, -0.15) is 0 Å². The molecule has 0 amide bonds. The molecule has 8 nitrogen and oxygen atoms in total. The molecule has 3 heterocycles. The van der Waals surface area contributed by atoms with Crippen molar-refractivity contribution in [1.29, 1.82) is 0 Å². The Balaban J connectivity index is 1.79. The zero-order chi connectivity index (χ0) is 24.7. The fourth-order valence-electron chi connectivity index (χ4n) is 4.39. The summed E-state index contributed by atoms with van der Waals surface area (Å²) in [6.45, 7) is 1.88. The number of nitrogens with one attached hydrogen (secondary N) is 2. The molecule has 0 radical (unpaired) electrons. The third kappa shape index (κ3) is 3.81. The SMILES string of the molecule is C[C@H](Nc1ncnc2[nH]ccc(=O)c12)c1c(Cl)c2cccc(N(C)C)c2c(=O)n1-c1ccccc1. The van der Waals surface area contributed by atoms with E-state index in [0.29, 0.717) is 44.0 Å². The van der Waals surface area contributed by atoms with Gasteiger partial charge >= 0.3 is 0 Å². The van der Waals surface area contributed by atoms with E-state index in [0.717, 1.165) is 5.69 Å². The van der Waals surface area contributed by atoms with E-state index in [2.05, 4.69) is 20.3 Å². The number of pyridine rings is 2. The van der Waals surface area contributed by atoms with Crippen molar-refractivity contribution in [3.8, 4) is 5.69 Å². The average molecular weight is 487 g/mol. The first-order valence-electron chi connectivity index (χ1n) is 11.1. The number of halogens is 1. The first kappa shape index (κ1) is 22.6. The number of aromatic amines is 1. The molecular weight excluding hydrogens is 464 g/mol. The van der Waals surface area contributed by atoms with Gasteiger partial charge in [-0.1, -0.05) is 41.9 Å². The second-order valence-electron chi connectivity index (χ2n) is 8.42. The highest BCUT2D eigenvalue weighted by atomic mass is 35.5. The third-order valence-electron chi connectivity index (χ3n) is 5.97. The topological polar surface area (TPSA) is 95.9 Å². The van der Waals surface area contributed by atoms with Gasteiger partial charge in [0.2, 0.25) is 0 Å². The van der Waals surface area contributed by atoms with Crippen LogP contribution in [-0.2, 0) is 0 Å². The van der Waals surface area contributed by atoms with Gasteiger partial charge in [-0.25, -0.2) is 9.97 Å². The van der Waals surface area contributed by atoms with Crippen LogP contribution < -0.4 is 21.2 Å². The molecule has 0 saturated carbocycles. The molecule has 3 aromatic heterocycles. The Morgan fingerprint density at radius 1 is 1.00 bits per heavy atom. The molecule has 5 rings (SSSR count). The molecule has 35 heavy (non-hydrogen) atoms. The second kappa shape index (κ2) is 8.88. The van der Waals surface area contributed by atoms with Crippen molar-refractivity contribution >= 4 is 44.9 Å². The average Bonchev–Trinajstić information content (AvgIpc) is 2.86. The highest BCUT2D eigenvalue weighted by molar-refractivity contribution is 6.36. The van der Waals surface area contributed by atoms with Crippen molar-refractivity contribution < 1.29 is 0 Å². The Labute approximate surface area is 205 Å². The van der Waals surface area contributed by atoms with Crippen molar-refractivity contribution in [1.82, 2.24) is 19.5 Å². The predicted octanol–water partition coefficient (Wildman–Crippen LogP) is 4.51. The van der Waals surface area contributed by atoms with Crippen molar-refractivity contribution in [2.75, 3.05) is 24.3 Å². The van der Waals surface area contributed by atoms with Crippen molar-refractivity contribution in [2.45, 2.75) is 13.0 Å². The highest BCUT2D eigenvalue weighted by Gasteiger charge is 2.24. The van der Waals surface area contributed by atoms with Crippen LogP contribution in [0.15, 0.2) is 76.7 Å². The largest absolute Gasteiger partial charge is 0.377 e. The van der Waals surface area contributed by atoms with Gasteiger partial charge in [0.05, 0.1) is 22.1 Å². The predicted molar refractivity (Wildman–Crippen MR) is 141 cm³/mol. The maximum atomic E-state index is 14.0. The second-order valence-corrected chi connectivity index (χ2v) is 8.80. The molecule has 2 aromatic carbocycles. The molecule has 0 aliphatic rings. The van der Waals surface area contributed by atoms with E-state index < -0.39 is 6.04 Å². The maximum Gasteiger partial charge on any atom is 0.265 e. The number of hydrogen-bond acceptors (Lipinski definition) is 6. The van der Waals surface area contributed by atoms with Crippen LogP contribution in [0.5, 0.6) is 0 Å². The van der Waals surface area contributed by atoms with E-state index in [9.17, 15) is 9.59 Å². The number of hydrogen-bond donors (Lipinski definition) is 2. The summed E-state index contributed by atoms with van der Waals surface area (Å²) in [4.78, 5) is 39.9. The Hall–Kier alpha value is -4.17. The zero-order valence-electron chi connectivity index (χ0n) is 19.4. The first-order valence-corrected chi connectivity index (χ1v) is 11.4. The van der Waals surface area contributed by atoms with Crippen LogP contribution in [0.2, 0.25) is 5.02 Å². The van der Waals surface area contributed by atoms with Gasteiger partial charge in [-0.15, -0.1) is 0 Å². The number of anilines is 2. The lowest BCUT2D eigenvalue weighted by atomic mass is 10.0. The molecule has 0 unspecified atom stereocenters. The number of para-hydroxylation sites is 1. The molecule has 0 saturated heterocycles. The van der Waals surface area contributed by atoms with Gasteiger partial charge in [0.15, 0.2) is 5.43 Å². The molecule has 5 aromatic rings. The summed E-state index contributed by atoms with van der Waals surface area (Å²) in [6, 6.07) is 15.9. The Kier molecular flexibility index (Phi) is 5.74. The van der Waals surface area contributed by atoms with E-state index in [-0.39, 0.29) is 11.0 Å². The standard InChI is InChI=1S/C26H23ClN6O2/c1-15(31-25-21-19(34)12-13-28-24(21)29-14-30-25)23-22(27)17-10-7-11-18(32(2)3)20(17)26(35)33(23)16-8-5-4-6-9-16/h4-15H,1-3H3,(H2,28,29,30,31,34)/t15-/m0/s1. The molecule has 0 aliphatic heterocycles. The lowest BCUT2D eigenvalue weighted by molar-refractivity contribution is 0.774. The Morgan fingerprint density at radius 2 is 1.77 bits per heavy atom. The minimum atomic E-state index is -0.486. The fraction of sp³-hybridized carbons (Fsp3) is 0.154. The number of rotatable bonds is 5. The van der Waals surface area contributed by atoms with E-state index in [1.165, 1.54) is 12.4 Å². The minimum Gasteiger partial charge on any atom is -0.377 e. The lowest BCUT2D eigenvalue weighted by Crippen LogP contribution is -2.28. The zero-order valence-corrected chi connectivity index (χ0v) is 20.2. The quantitative estimate of drug-likeness (QED) is 0.379. The normalized spacial score (nSPS) is 12.1. The van der Waals surface area contributed by atoms with Crippen LogP contribution in [0, 0.1) is 0 Å². The molecule has 0 aliphatic carbocycles. The third-order valence-corrected chi connectivity index (χ3v) is 6.37. The number of nitrogens with zero attached hydrogens (tertiary/aromatic N) is 4. The lowest BCUT2D eigenvalue weighted by Gasteiger charge is -2.24. The smallest absolute Gasteiger partial charge is 0.265 e. The monoisotopic (exact) mass is 486 g/mol. The molecule has 0 spiro atoms.